The van der Waals surface area contributed by atoms with Gasteiger partial charge in [0.15, 0.2) is 0 Å². The Morgan fingerprint density at radius 3 is 2.33 bits per heavy atom. The Hall–Kier alpha value is -0.790. The van der Waals surface area contributed by atoms with Crippen LogP contribution in [0, 0.1) is 0 Å². The summed E-state index contributed by atoms with van der Waals surface area (Å²) in [5, 5.41) is 10.2. The monoisotopic (exact) mass is 182 g/mol. The van der Waals surface area contributed by atoms with Gasteiger partial charge in [-0.2, -0.15) is 0 Å². The van der Waals surface area contributed by atoms with Crippen LogP contribution in [0.15, 0.2) is 36.4 Å². The Balaban J connectivity index is 2.89. The summed E-state index contributed by atoms with van der Waals surface area (Å²) in [5.41, 5.74) is 1.56. The van der Waals surface area contributed by atoms with Crippen LogP contribution in [0.4, 0.5) is 0 Å². The molecule has 0 radical (unpaired) electrons. The molecule has 0 heterocycles. The van der Waals surface area contributed by atoms with Crippen LogP contribution < -0.4 is 0 Å². The largest absolute Gasteiger partial charge is 0.384 e. The lowest BCUT2D eigenvalue weighted by molar-refractivity contribution is 0.216. The van der Waals surface area contributed by atoms with Gasteiger partial charge in [-0.3, -0.25) is 0 Å². The van der Waals surface area contributed by atoms with Gasteiger partial charge in [-0.25, -0.2) is 0 Å². The molecule has 0 aliphatic rings. The summed E-state index contributed by atoms with van der Waals surface area (Å²) in [6, 6.07) is 7.09. The van der Waals surface area contributed by atoms with E-state index in [9.17, 15) is 5.11 Å². The van der Waals surface area contributed by atoms with Crippen LogP contribution in [0.3, 0.4) is 0 Å². The van der Waals surface area contributed by atoms with E-state index in [-0.39, 0.29) is 0 Å². The molecule has 0 spiro atoms. The summed E-state index contributed by atoms with van der Waals surface area (Å²) in [5.74, 6) is 0. The van der Waals surface area contributed by atoms with Crippen molar-refractivity contribution in [1.29, 1.82) is 0 Å². The molecule has 1 rings (SSSR count). The van der Waals surface area contributed by atoms with Gasteiger partial charge in [0.05, 0.1) is 6.10 Å². The molecule has 0 aromatic heterocycles. The van der Waals surface area contributed by atoms with E-state index in [4.69, 9.17) is 11.6 Å². The SMILES string of the molecule is C=C(C)C(O)c1ccc(Cl)cc1. The number of rotatable bonds is 2. The third-order valence-corrected chi connectivity index (χ3v) is 1.90. The van der Waals surface area contributed by atoms with Crippen LogP contribution in [-0.4, -0.2) is 5.11 Å². The van der Waals surface area contributed by atoms with Gasteiger partial charge in [-0.1, -0.05) is 30.3 Å². The zero-order valence-corrected chi connectivity index (χ0v) is 7.67. The minimum atomic E-state index is -0.581. The molecule has 0 saturated heterocycles. The van der Waals surface area contributed by atoms with E-state index in [0.717, 1.165) is 11.1 Å². The summed E-state index contributed by atoms with van der Waals surface area (Å²) in [7, 11) is 0. The maximum Gasteiger partial charge on any atom is 0.0995 e. The third-order valence-electron chi connectivity index (χ3n) is 1.65. The molecular weight excluding hydrogens is 172 g/mol. The van der Waals surface area contributed by atoms with Gasteiger partial charge in [-0.05, 0) is 30.2 Å². The minimum absolute atomic E-state index is 0.581. The molecule has 1 atom stereocenters. The molecule has 0 aliphatic heterocycles. The van der Waals surface area contributed by atoms with Crippen LogP contribution in [-0.2, 0) is 0 Å². The highest BCUT2D eigenvalue weighted by molar-refractivity contribution is 6.30. The Labute approximate surface area is 77.3 Å². The normalized spacial score (nSPS) is 12.6. The molecule has 64 valence electrons. The Bertz CT molecular complexity index is 276. The van der Waals surface area contributed by atoms with Gasteiger partial charge in [0.1, 0.15) is 0 Å². The van der Waals surface area contributed by atoms with Crippen molar-refractivity contribution >= 4 is 11.6 Å². The smallest absolute Gasteiger partial charge is 0.0995 e. The van der Waals surface area contributed by atoms with Crippen molar-refractivity contribution in [1.82, 2.24) is 0 Å². The number of aliphatic hydroxyl groups is 1. The first-order valence-corrected chi connectivity index (χ1v) is 4.08. The Morgan fingerprint density at radius 1 is 1.42 bits per heavy atom. The molecule has 0 bridgehead atoms. The van der Waals surface area contributed by atoms with E-state index >= 15 is 0 Å². The number of hydrogen-bond acceptors (Lipinski definition) is 1. The zero-order valence-electron chi connectivity index (χ0n) is 6.92. The molecule has 0 saturated carbocycles. The highest BCUT2D eigenvalue weighted by Crippen LogP contribution is 2.21. The second kappa shape index (κ2) is 3.74. The topological polar surface area (TPSA) is 20.2 Å². The number of benzene rings is 1. The van der Waals surface area contributed by atoms with Gasteiger partial charge in [0, 0.05) is 5.02 Å². The summed E-state index contributed by atoms with van der Waals surface area (Å²) in [6.07, 6.45) is -0.581. The fourth-order valence-electron chi connectivity index (χ4n) is 0.930. The Kier molecular flexibility index (Phi) is 2.90. The molecule has 0 fully saturated rings. The van der Waals surface area contributed by atoms with E-state index in [1.165, 1.54) is 0 Å². The maximum atomic E-state index is 9.55. The van der Waals surface area contributed by atoms with Gasteiger partial charge in [0.25, 0.3) is 0 Å². The molecule has 2 heteroatoms. The summed E-state index contributed by atoms with van der Waals surface area (Å²) < 4.78 is 0. The first-order valence-electron chi connectivity index (χ1n) is 3.70. The van der Waals surface area contributed by atoms with E-state index in [1.807, 2.05) is 0 Å². The van der Waals surface area contributed by atoms with Crippen molar-refractivity contribution in [3.8, 4) is 0 Å². The predicted octanol–water partition coefficient (Wildman–Crippen LogP) is 2.95. The predicted molar refractivity (Wildman–Crippen MR) is 51.2 cm³/mol. The zero-order chi connectivity index (χ0) is 9.14. The maximum absolute atomic E-state index is 9.55. The van der Waals surface area contributed by atoms with E-state index in [0.29, 0.717) is 5.02 Å². The first kappa shape index (κ1) is 9.30. The van der Waals surface area contributed by atoms with E-state index < -0.39 is 6.10 Å². The second-order valence-electron chi connectivity index (χ2n) is 2.80. The molecular formula is C10H11ClO. The van der Waals surface area contributed by atoms with Crippen LogP contribution in [0.1, 0.15) is 18.6 Å². The van der Waals surface area contributed by atoms with Crippen molar-refractivity contribution in [2.75, 3.05) is 0 Å². The standard InChI is InChI=1S/C10H11ClO/c1-7(2)10(12)8-3-5-9(11)6-4-8/h3-6,10,12H,1H2,2H3. The summed E-state index contributed by atoms with van der Waals surface area (Å²) >= 11 is 5.69. The molecule has 0 amide bonds. The van der Waals surface area contributed by atoms with Crippen molar-refractivity contribution < 1.29 is 5.11 Å². The van der Waals surface area contributed by atoms with Crippen molar-refractivity contribution in [2.24, 2.45) is 0 Å². The summed E-state index contributed by atoms with van der Waals surface area (Å²) in [4.78, 5) is 0. The molecule has 1 aromatic rings. The second-order valence-corrected chi connectivity index (χ2v) is 3.24. The molecule has 1 aromatic carbocycles. The molecule has 0 aliphatic carbocycles. The fraction of sp³-hybridized carbons (Fsp3) is 0.200. The fourth-order valence-corrected chi connectivity index (χ4v) is 1.06. The van der Waals surface area contributed by atoms with Crippen molar-refractivity contribution in [3.63, 3.8) is 0 Å². The number of halogens is 1. The van der Waals surface area contributed by atoms with Crippen LogP contribution >= 0.6 is 11.6 Å². The van der Waals surface area contributed by atoms with Crippen LogP contribution in [0.2, 0.25) is 5.02 Å². The van der Waals surface area contributed by atoms with Crippen LogP contribution in [0.5, 0.6) is 0 Å². The van der Waals surface area contributed by atoms with Gasteiger partial charge in [-0.15, -0.1) is 0 Å². The van der Waals surface area contributed by atoms with Gasteiger partial charge < -0.3 is 5.11 Å². The average molecular weight is 183 g/mol. The minimum Gasteiger partial charge on any atom is -0.384 e. The lowest BCUT2D eigenvalue weighted by atomic mass is 10.0. The van der Waals surface area contributed by atoms with Gasteiger partial charge in [0.2, 0.25) is 0 Å². The third kappa shape index (κ3) is 2.10. The lowest BCUT2D eigenvalue weighted by Crippen LogP contribution is -1.96. The molecule has 1 N–H and O–H groups in total. The number of aliphatic hydroxyl groups excluding tert-OH is 1. The van der Waals surface area contributed by atoms with Gasteiger partial charge >= 0.3 is 0 Å². The highest BCUT2D eigenvalue weighted by atomic mass is 35.5. The van der Waals surface area contributed by atoms with Crippen molar-refractivity contribution in [3.05, 3.63) is 47.0 Å². The first-order chi connectivity index (χ1) is 5.61. The molecule has 1 nitrogen and oxygen atoms in total. The van der Waals surface area contributed by atoms with Crippen molar-refractivity contribution in [2.45, 2.75) is 13.0 Å². The Morgan fingerprint density at radius 2 is 1.92 bits per heavy atom. The number of hydrogen-bond donors (Lipinski definition) is 1. The highest BCUT2D eigenvalue weighted by Gasteiger charge is 2.06. The van der Waals surface area contributed by atoms with E-state index in [2.05, 4.69) is 6.58 Å². The quantitative estimate of drug-likeness (QED) is 0.698. The summed E-state index contributed by atoms with van der Waals surface area (Å²) in [6.45, 7) is 5.46. The molecule has 1 unspecified atom stereocenters. The average Bonchev–Trinajstić information content (AvgIpc) is 2.04. The van der Waals surface area contributed by atoms with E-state index in [1.54, 1.807) is 31.2 Å². The van der Waals surface area contributed by atoms with Crippen LogP contribution in [0.25, 0.3) is 0 Å². The lowest BCUT2D eigenvalue weighted by Gasteiger charge is -2.09. The molecule has 12 heavy (non-hydrogen) atoms.